The minimum absolute atomic E-state index is 0.0663. The van der Waals surface area contributed by atoms with Crippen molar-refractivity contribution in [3.05, 3.63) is 66.9 Å². The van der Waals surface area contributed by atoms with Crippen molar-refractivity contribution >= 4 is 27.9 Å². The van der Waals surface area contributed by atoms with E-state index in [1.807, 2.05) is 42.5 Å². The number of aromatic nitrogens is 1. The maximum atomic E-state index is 13.7. The van der Waals surface area contributed by atoms with Crippen molar-refractivity contribution < 1.29 is 17.9 Å². The third kappa shape index (κ3) is 5.43. The number of para-hydroxylation sites is 1. The number of nitrogens with one attached hydrogen (secondary N) is 2. The van der Waals surface area contributed by atoms with Gasteiger partial charge in [-0.3, -0.25) is 0 Å². The highest BCUT2D eigenvalue weighted by atomic mass is 19.4. The number of ether oxygens (including phenoxy) is 1. The molecule has 8 heteroatoms. The van der Waals surface area contributed by atoms with E-state index in [1.54, 1.807) is 12.1 Å². The first-order valence-electron chi connectivity index (χ1n) is 12.4. The quantitative estimate of drug-likeness (QED) is 0.400. The summed E-state index contributed by atoms with van der Waals surface area (Å²) in [7, 11) is 2.10. The summed E-state index contributed by atoms with van der Waals surface area (Å²) in [6.07, 6.45) is -1.04. The second-order valence-corrected chi connectivity index (χ2v) is 9.82. The average molecular weight is 497 g/mol. The van der Waals surface area contributed by atoms with E-state index in [4.69, 9.17) is 4.74 Å². The zero-order chi connectivity index (χ0) is 25.3. The summed E-state index contributed by atoms with van der Waals surface area (Å²) < 4.78 is 47.1. The number of anilines is 2. The normalized spacial score (nSPS) is 21.1. The van der Waals surface area contributed by atoms with Gasteiger partial charge in [0.25, 0.3) is 0 Å². The Morgan fingerprint density at radius 2 is 1.69 bits per heavy atom. The van der Waals surface area contributed by atoms with Crippen molar-refractivity contribution in [2.24, 2.45) is 0 Å². The Morgan fingerprint density at radius 1 is 0.972 bits per heavy atom. The predicted molar refractivity (Wildman–Crippen MR) is 138 cm³/mol. The summed E-state index contributed by atoms with van der Waals surface area (Å²) in [4.78, 5) is 6.67. The van der Waals surface area contributed by atoms with Gasteiger partial charge in [-0.2, -0.15) is 13.2 Å². The molecule has 5 rings (SSSR count). The van der Waals surface area contributed by atoms with Crippen LogP contribution in [0.5, 0.6) is 5.75 Å². The summed E-state index contributed by atoms with van der Waals surface area (Å²) in [5, 5.41) is 8.07. The molecule has 1 aliphatic heterocycles. The van der Waals surface area contributed by atoms with Gasteiger partial charge >= 0.3 is 6.18 Å². The largest absolute Gasteiger partial charge is 0.490 e. The molecule has 1 aromatic heterocycles. The molecule has 0 bridgehead atoms. The molecule has 1 saturated heterocycles. The van der Waals surface area contributed by atoms with Crippen molar-refractivity contribution in [3.63, 3.8) is 0 Å². The molecule has 0 amide bonds. The molecule has 5 nitrogen and oxygen atoms in total. The summed E-state index contributed by atoms with van der Waals surface area (Å²) in [5.41, 5.74) is -0.250. The molecule has 1 saturated carbocycles. The van der Waals surface area contributed by atoms with E-state index in [2.05, 4.69) is 34.1 Å². The number of fused-ring (bicyclic) bond motifs is 1. The Hall–Kier alpha value is -3.26. The van der Waals surface area contributed by atoms with Crippen molar-refractivity contribution in [1.29, 1.82) is 0 Å². The molecule has 0 radical (unpaired) electrons. The maximum Gasteiger partial charge on any atom is 0.417 e. The number of pyridine rings is 1. The van der Waals surface area contributed by atoms with E-state index < -0.39 is 11.7 Å². The second kappa shape index (κ2) is 10.0. The number of benzene rings is 2. The molecule has 0 unspecified atom stereocenters. The van der Waals surface area contributed by atoms with Gasteiger partial charge in [0, 0.05) is 41.4 Å². The molecular weight excluding hydrogens is 465 g/mol. The standard InChI is InChI=1S/C28H31F3N4O/c1-18(28(29,30)31)27-23-9-6-10-25(32-19-11-13-35(2)14-12-19)24(23)17-26(34-27)33-20-15-22(16-20)36-21-7-4-3-5-8-21/h3-10,17,19-20,22,32H,1,11-16H2,2H3,(H,33,34). The molecule has 2 heterocycles. The SMILES string of the molecule is C=C(c1nc(NC2CC(Oc3ccccc3)C2)cc2c(NC3CCN(C)CC3)cccc12)C(F)(F)F. The molecular formula is C28H31F3N4O. The smallest absolute Gasteiger partial charge is 0.417 e. The highest BCUT2D eigenvalue weighted by Crippen LogP contribution is 2.39. The van der Waals surface area contributed by atoms with Crippen LogP contribution in [-0.4, -0.2) is 54.4 Å². The summed E-state index contributed by atoms with van der Waals surface area (Å²) in [5.74, 6) is 1.24. The number of halogens is 3. The molecule has 1 aliphatic carbocycles. The molecule has 2 aromatic carbocycles. The lowest BCUT2D eigenvalue weighted by Gasteiger charge is -2.36. The lowest BCUT2D eigenvalue weighted by atomic mass is 9.89. The lowest BCUT2D eigenvalue weighted by Crippen LogP contribution is -2.42. The first-order chi connectivity index (χ1) is 17.3. The van der Waals surface area contributed by atoms with Crippen LogP contribution in [0.3, 0.4) is 0 Å². The van der Waals surface area contributed by atoms with Crippen LogP contribution in [-0.2, 0) is 0 Å². The fraction of sp³-hybridized carbons (Fsp3) is 0.393. The van der Waals surface area contributed by atoms with E-state index in [9.17, 15) is 13.2 Å². The van der Waals surface area contributed by atoms with Crippen LogP contribution in [0.2, 0.25) is 0 Å². The number of piperidine rings is 1. The van der Waals surface area contributed by atoms with Gasteiger partial charge in [-0.15, -0.1) is 0 Å². The van der Waals surface area contributed by atoms with Crippen LogP contribution in [0.4, 0.5) is 24.7 Å². The molecule has 190 valence electrons. The topological polar surface area (TPSA) is 49.4 Å². The molecule has 2 aliphatic rings. The minimum atomic E-state index is -4.57. The van der Waals surface area contributed by atoms with Crippen LogP contribution in [0.25, 0.3) is 16.3 Å². The summed E-state index contributed by atoms with van der Waals surface area (Å²) >= 11 is 0. The molecule has 0 spiro atoms. The van der Waals surface area contributed by atoms with Crippen LogP contribution in [0.15, 0.2) is 61.2 Å². The third-order valence-electron chi connectivity index (χ3n) is 7.07. The molecule has 0 atom stereocenters. The van der Waals surface area contributed by atoms with Gasteiger partial charge < -0.3 is 20.3 Å². The number of hydrogen-bond donors (Lipinski definition) is 2. The van der Waals surface area contributed by atoms with E-state index in [0.29, 0.717) is 16.6 Å². The fourth-order valence-electron chi connectivity index (χ4n) is 4.89. The van der Waals surface area contributed by atoms with Crippen molar-refractivity contribution in [2.75, 3.05) is 30.8 Å². The minimum Gasteiger partial charge on any atom is -0.490 e. The van der Waals surface area contributed by atoms with Crippen LogP contribution >= 0.6 is 0 Å². The number of allylic oxidation sites excluding steroid dienone is 1. The van der Waals surface area contributed by atoms with E-state index >= 15 is 0 Å². The van der Waals surface area contributed by atoms with Crippen molar-refractivity contribution in [3.8, 4) is 5.75 Å². The number of nitrogens with zero attached hydrogens (tertiary/aromatic N) is 2. The Balaban J connectivity index is 1.39. The predicted octanol–water partition coefficient (Wildman–Crippen LogP) is 6.34. The fourth-order valence-corrected chi connectivity index (χ4v) is 4.89. The maximum absolute atomic E-state index is 13.7. The number of rotatable bonds is 7. The summed E-state index contributed by atoms with van der Waals surface area (Å²) in [6.45, 7) is 5.33. The lowest BCUT2D eigenvalue weighted by molar-refractivity contribution is -0.0688. The molecule has 2 fully saturated rings. The van der Waals surface area contributed by atoms with Gasteiger partial charge in [-0.25, -0.2) is 4.98 Å². The van der Waals surface area contributed by atoms with E-state index in [-0.39, 0.29) is 23.9 Å². The Morgan fingerprint density at radius 3 is 2.39 bits per heavy atom. The van der Waals surface area contributed by atoms with E-state index in [0.717, 1.165) is 50.2 Å². The van der Waals surface area contributed by atoms with Crippen molar-refractivity contribution in [1.82, 2.24) is 9.88 Å². The molecule has 36 heavy (non-hydrogen) atoms. The van der Waals surface area contributed by atoms with Crippen LogP contribution < -0.4 is 15.4 Å². The van der Waals surface area contributed by atoms with Crippen molar-refractivity contribution in [2.45, 2.75) is 50.0 Å². The average Bonchev–Trinajstić information content (AvgIpc) is 2.83. The highest BCUT2D eigenvalue weighted by Gasteiger charge is 2.36. The van der Waals surface area contributed by atoms with Gasteiger partial charge in [0.1, 0.15) is 17.7 Å². The monoisotopic (exact) mass is 496 g/mol. The van der Waals surface area contributed by atoms with Crippen LogP contribution in [0, 0.1) is 0 Å². The third-order valence-corrected chi connectivity index (χ3v) is 7.07. The highest BCUT2D eigenvalue weighted by molar-refractivity contribution is 6.01. The van der Waals surface area contributed by atoms with Gasteiger partial charge in [-0.05, 0) is 57.2 Å². The Labute approximate surface area is 209 Å². The van der Waals surface area contributed by atoms with Crippen LogP contribution in [0.1, 0.15) is 31.4 Å². The zero-order valence-corrected chi connectivity index (χ0v) is 20.3. The molecule has 2 N–H and O–H groups in total. The van der Waals surface area contributed by atoms with Gasteiger partial charge in [0.15, 0.2) is 0 Å². The zero-order valence-electron chi connectivity index (χ0n) is 20.3. The number of alkyl halides is 3. The molecule has 3 aromatic rings. The van der Waals surface area contributed by atoms with E-state index in [1.165, 1.54) is 0 Å². The number of hydrogen-bond acceptors (Lipinski definition) is 5. The first-order valence-corrected chi connectivity index (χ1v) is 12.4. The Kier molecular flexibility index (Phi) is 6.79. The first kappa shape index (κ1) is 24.4. The summed E-state index contributed by atoms with van der Waals surface area (Å²) in [6, 6.07) is 17.2. The van der Waals surface area contributed by atoms with Gasteiger partial charge in [0.05, 0.1) is 11.3 Å². The number of likely N-dealkylation sites (tertiary alicyclic amines) is 1. The van der Waals surface area contributed by atoms with Gasteiger partial charge in [0.2, 0.25) is 0 Å². The second-order valence-electron chi connectivity index (χ2n) is 9.82. The Bertz CT molecular complexity index is 1220. The van der Waals surface area contributed by atoms with Gasteiger partial charge in [-0.1, -0.05) is 36.9 Å².